The first-order chi connectivity index (χ1) is 11.8. The molecule has 0 saturated heterocycles. The Morgan fingerprint density at radius 3 is 2.60 bits per heavy atom. The fourth-order valence-corrected chi connectivity index (χ4v) is 3.53. The second kappa shape index (κ2) is 7.04. The molecule has 25 heavy (non-hydrogen) atoms. The van der Waals surface area contributed by atoms with E-state index in [1.807, 2.05) is 36.4 Å². The summed E-state index contributed by atoms with van der Waals surface area (Å²) < 4.78 is 28.0. The highest BCUT2D eigenvalue weighted by Crippen LogP contribution is 2.24. The van der Waals surface area contributed by atoms with E-state index in [2.05, 4.69) is 10.1 Å². The number of hydrogen-bond acceptors (Lipinski definition) is 7. The van der Waals surface area contributed by atoms with E-state index in [9.17, 15) is 8.42 Å². The summed E-state index contributed by atoms with van der Waals surface area (Å²) in [5, 5.41) is 11.1. The number of primary sulfonamides is 1. The fourth-order valence-electron chi connectivity index (χ4n) is 2.37. The molecule has 2 heterocycles. The van der Waals surface area contributed by atoms with Crippen molar-refractivity contribution in [2.75, 3.05) is 7.05 Å². The van der Waals surface area contributed by atoms with Crippen LogP contribution >= 0.6 is 11.3 Å². The van der Waals surface area contributed by atoms with E-state index in [1.165, 1.54) is 12.1 Å². The minimum absolute atomic E-state index is 0.0339. The van der Waals surface area contributed by atoms with Crippen LogP contribution in [-0.4, -0.2) is 30.5 Å². The van der Waals surface area contributed by atoms with Crippen molar-refractivity contribution in [2.45, 2.75) is 24.4 Å². The van der Waals surface area contributed by atoms with Crippen molar-refractivity contribution in [2.24, 2.45) is 5.14 Å². The third kappa shape index (κ3) is 4.13. The van der Waals surface area contributed by atoms with Gasteiger partial charge in [-0.15, -0.1) is 11.3 Å². The Balaban J connectivity index is 1.69. The van der Waals surface area contributed by atoms with Gasteiger partial charge in [-0.05, 0) is 43.1 Å². The van der Waals surface area contributed by atoms with Gasteiger partial charge in [0.25, 0.3) is 0 Å². The first-order valence-electron chi connectivity index (χ1n) is 7.54. The first-order valence-corrected chi connectivity index (χ1v) is 9.96. The Morgan fingerprint density at radius 2 is 2.00 bits per heavy atom. The van der Waals surface area contributed by atoms with Gasteiger partial charge in [0.1, 0.15) is 0 Å². The van der Waals surface area contributed by atoms with Crippen LogP contribution in [0.25, 0.3) is 10.7 Å². The highest BCUT2D eigenvalue weighted by molar-refractivity contribution is 7.89. The molecule has 2 N–H and O–H groups in total. The van der Waals surface area contributed by atoms with Gasteiger partial charge in [0.05, 0.1) is 16.3 Å². The van der Waals surface area contributed by atoms with Crippen molar-refractivity contribution in [3.63, 3.8) is 0 Å². The van der Waals surface area contributed by atoms with Crippen molar-refractivity contribution in [1.82, 2.24) is 15.0 Å². The molecule has 1 atom stereocenters. The van der Waals surface area contributed by atoms with Crippen molar-refractivity contribution in [3.05, 3.63) is 53.2 Å². The average molecular weight is 378 g/mol. The molecule has 2 aromatic heterocycles. The van der Waals surface area contributed by atoms with E-state index >= 15 is 0 Å². The van der Waals surface area contributed by atoms with E-state index in [0.717, 1.165) is 10.4 Å². The standard InChI is InChI=1S/C16H18N4O3S2/c1-11(12-5-7-13(8-6-12)25(17,21)22)20(2)10-15-18-16(19-23-15)14-4-3-9-24-14/h3-9,11H,10H2,1-2H3,(H2,17,21,22). The summed E-state index contributed by atoms with van der Waals surface area (Å²) in [4.78, 5) is 7.51. The molecule has 3 aromatic rings. The summed E-state index contributed by atoms with van der Waals surface area (Å²) in [6.07, 6.45) is 0. The highest BCUT2D eigenvalue weighted by Gasteiger charge is 2.17. The average Bonchev–Trinajstić information content (AvgIpc) is 3.24. The fraction of sp³-hybridized carbons (Fsp3) is 0.250. The molecule has 1 aromatic carbocycles. The molecule has 0 aliphatic carbocycles. The number of benzene rings is 1. The van der Waals surface area contributed by atoms with Crippen molar-refractivity contribution in [1.29, 1.82) is 0 Å². The number of hydrogen-bond donors (Lipinski definition) is 1. The molecule has 1 unspecified atom stereocenters. The van der Waals surface area contributed by atoms with E-state index in [1.54, 1.807) is 23.5 Å². The van der Waals surface area contributed by atoms with Crippen LogP contribution in [0, 0.1) is 0 Å². The highest BCUT2D eigenvalue weighted by atomic mass is 32.2. The summed E-state index contributed by atoms with van der Waals surface area (Å²) >= 11 is 1.56. The zero-order valence-corrected chi connectivity index (χ0v) is 15.4. The third-order valence-electron chi connectivity index (χ3n) is 3.95. The monoisotopic (exact) mass is 378 g/mol. The Morgan fingerprint density at radius 1 is 1.28 bits per heavy atom. The van der Waals surface area contributed by atoms with E-state index in [0.29, 0.717) is 18.3 Å². The number of nitrogens with two attached hydrogens (primary N) is 1. The molecule has 7 nitrogen and oxygen atoms in total. The Labute approximate surface area is 150 Å². The Hall–Kier alpha value is -2.07. The molecule has 0 amide bonds. The maximum atomic E-state index is 11.3. The largest absolute Gasteiger partial charge is 0.338 e. The van der Waals surface area contributed by atoms with Gasteiger partial charge >= 0.3 is 0 Å². The molecule has 132 valence electrons. The van der Waals surface area contributed by atoms with Crippen molar-refractivity contribution >= 4 is 21.4 Å². The van der Waals surface area contributed by atoms with Crippen LogP contribution in [0.2, 0.25) is 0 Å². The van der Waals surface area contributed by atoms with Crippen LogP contribution in [0.1, 0.15) is 24.4 Å². The van der Waals surface area contributed by atoms with E-state index in [4.69, 9.17) is 9.66 Å². The summed E-state index contributed by atoms with van der Waals surface area (Å²) in [5.74, 6) is 1.11. The molecular formula is C16H18N4O3S2. The Bertz CT molecular complexity index is 934. The van der Waals surface area contributed by atoms with E-state index in [-0.39, 0.29) is 10.9 Å². The summed E-state index contributed by atoms with van der Waals surface area (Å²) in [7, 11) is -1.74. The summed E-state index contributed by atoms with van der Waals surface area (Å²) in [6.45, 7) is 2.50. The molecule has 0 radical (unpaired) electrons. The Kier molecular flexibility index (Phi) is 5.00. The summed E-state index contributed by atoms with van der Waals surface area (Å²) in [6, 6.07) is 10.4. The van der Waals surface area contributed by atoms with Crippen molar-refractivity contribution in [3.8, 4) is 10.7 Å². The van der Waals surface area contributed by atoms with Gasteiger partial charge in [0.2, 0.25) is 21.7 Å². The zero-order valence-electron chi connectivity index (χ0n) is 13.8. The van der Waals surface area contributed by atoms with Gasteiger partial charge in [-0.1, -0.05) is 23.4 Å². The maximum absolute atomic E-state index is 11.3. The van der Waals surface area contributed by atoms with Gasteiger partial charge in [-0.25, -0.2) is 13.6 Å². The van der Waals surface area contributed by atoms with Crippen LogP contribution in [0.15, 0.2) is 51.2 Å². The van der Waals surface area contributed by atoms with E-state index < -0.39 is 10.0 Å². The van der Waals surface area contributed by atoms with Crippen LogP contribution in [-0.2, 0) is 16.6 Å². The molecule has 9 heteroatoms. The lowest BCUT2D eigenvalue weighted by molar-refractivity contribution is 0.216. The van der Waals surface area contributed by atoms with Crippen molar-refractivity contribution < 1.29 is 12.9 Å². The number of thiophene rings is 1. The molecule has 0 saturated carbocycles. The lowest BCUT2D eigenvalue weighted by Crippen LogP contribution is -2.22. The smallest absolute Gasteiger partial charge is 0.241 e. The predicted octanol–water partition coefficient (Wildman–Crippen LogP) is 2.64. The van der Waals surface area contributed by atoms with Gasteiger partial charge < -0.3 is 4.52 Å². The molecule has 3 rings (SSSR count). The predicted molar refractivity (Wildman–Crippen MR) is 95.3 cm³/mol. The molecule has 0 spiro atoms. The van der Waals surface area contributed by atoms with Gasteiger partial charge in [0, 0.05) is 6.04 Å². The lowest BCUT2D eigenvalue weighted by Gasteiger charge is -2.23. The van der Waals surface area contributed by atoms with Crippen LogP contribution in [0.5, 0.6) is 0 Å². The molecule has 0 bridgehead atoms. The topological polar surface area (TPSA) is 102 Å². The molecule has 0 aliphatic rings. The number of sulfonamides is 1. The quantitative estimate of drug-likeness (QED) is 0.707. The minimum atomic E-state index is -3.68. The number of aromatic nitrogens is 2. The maximum Gasteiger partial charge on any atom is 0.241 e. The lowest BCUT2D eigenvalue weighted by atomic mass is 10.1. The van der Waals surface area contributed by atoms with Crippen LogP contribution in [0.3, 0.4) is 0 Å². The van der Waals surface area contributed by atoms with Gasteiger partial charge in [0.15, 0.2) is 0 Å². The molecular weight excluding hydrogens is 360 g/mol. The minimum Gasteiger partial charge on any atom is -0.338 e. The van der Waals surface area contributed by atoms with Gasteiger partial charge in [-0.3, -0.25) is 4.90 Å². The zero-order chi connectivity index (χ0) is 18.0. The second-order valence-electron chi connectivity index (χ2n) is 5.69. The first kappa shape index (κ1) is 17.7. The van der Waals surface area contributed by atoms with Crippen LogP contribution < -0.4 is 5.14 Å². The molecule has 0 fully saturated rings. The molecule has 0 aliphatic heterocycles. The SMILES string of the molecule is CC(c1ccc(S(N)(=O)=O)cc1)N(C)Cc1nc(-c2cccs2)no1. The van der Waals surface area contributed by atoms with Gasteiger partial charge in [-0.2, -0.15) is 4.98 Å². The summed E-state index contributed by atoms with van der Waals surface area (Å²) in [5.41, 5.74) is 0.966. The third-order valence-corrected chi connectivity index (χ3v) is 5.74. The second-order valence-corrected chi connectivity index (χ2v) is 8.20. The normalized spacial score (nSPS) is 13.3. The number of rotatable bonds is 6. The van der Waals surface area contributed by atoms with Crippen LogP contribution in [0.4, 0.5) is 0 Å². The number of nitrogens with zero attached hydrogens (tertiary/aromatic N) is 3.